The number of ether oxygens (including phenoxy) is 1. The van der Waals surface area contributed by atoms with Gasteiger partial charge in [0.2, 0.25) is 5.95 Å². The molecule has 1 aromatic heterocycles. The summed E-state index contributed by atoms with van der Waals surface area (Å²) < 4.78 is 5.37. The van der Waals surface area contributed by atoms with Crippen molar-refractivity contribution in [2.45, 2.75) is 26.7 Å². The summed E-state index contributed by atoms with van der Waals surface area (Å²) in [4.78, 5) is 13.7. The van der Waals surface area contributed by atoms with E-state index >= 15 is 0 Å². The molecular weight excluding hydrogens is 240 g/mol. The average molecular weight is 264 g/mol. The average Bonchev–Trinajstić information content (AvgIpc) is 2.48. The Morgan fingerprint density at radius 1 is 1.21 bits per heavy atom. The molecule has 2 rings (SSSR count). The second kappa shape index (κ2) is 7.28. The molecule has 1 aromatic rings. The van der Waals surface area contributed by atoms with Crippen LogP contribution < -0.4 is 9.80 Å². The summed E-state index contributed by atoms with van der Waals surface area (Å²) in [6, 6.07) is 2.01. The highest BCUT2D eigenvalue weighted by molar-refractivity contribution is 5.43. The molecule has 0 radical (unpaired) electrons. The van der Waals surface area contributed by atoms with Gasteiger partial charge in [-0.15, -0.1) is 0 Å². The van der Waals surface area contributed by atoms with Gasteiger partial charge in [0.25, 0.3) is 0 Å². The lowest BCUT2D eigenvalue weighted by Gasteiger charge is -2.28. The van der Waals surface area contributed by atoms with E-state index in [1.165, 1.54) is 0 Å². The van der Waals surface area contributed by atoms with Crippen LogP contribution in [0.4, 0.5) is 11.8 Å². The van der Waals surface area contributed by atoms with Crippen LogP contribution in [-0.2, 0) is 4.74 Å². The molecule has 2 heterocycles. The van der Waals surface area contributed by atoms with Gasteiger partial charge in [0, 0.05) is 32.4 Å². The second-order valence-corrected chi connectivity index (χ2v) is 4.80. The molecule has 0 spiro atoms. The van der Waals surface area contributed by atoms with Crippen molar-refractivity contribution in [1.29, 1.82) is 0 Å². The lowest BCUT2D eigenvalue weighted by Crippen LogP contribution is -2.37. The van der Waals surface area contributed by atoms with Crippen LogP contribution in [-0.4, -0.2) is 49.4 Å². The van der Waals surface area contributed by atoms with E-state index in [0.717, 1.165) is 64.0 Å². The fourth-order valence-corrected chi connectivity index (χ4v) is 2.31. The van der Waals surface area contributed by atoms with Crippen LogP contribution in [0.15, 0.2) is 12.3 Å². The van der Waals surface area contributed by atoms with Crippen molar-refractivity contribution in [2.75, 3.05) is 49.2 Å². The maximum atomic E-state index is 5.37. The van der Waals surface area contributed by atoms with E-state index in [9.17, 15) is 0 Å². The van der Waals surface area contributed by atoms with Crippen LogP contribution in [0.3, 0.4) is 0 Å². The van der Waals surface area contributed by atoms with E-state index < -0.39 is 0 Å². The number of rotatable bonds is 6. The summed E-state index contributed by atoms with van der Waals surface area (Å²) in [5.74, 6) is 1.87. The smallest absolute Gasteiger partial charge is 0.227 e. The zero-order valence-electron chi connectivity index (χ0n) is 12.0. The Labute approximate surface area is 115 Å². The minimum Gasteiger partial charge on any atom is -0.378 e. The summed E-state index contributed by atoms with van der Waals surface area (Å²) in [7, 11) is 0. The molecule has 1 aliphatic rings. The predicted octanol–water partition coefficient (Wildman–Crippen LogP) is 1.94. The van der Waals surface area contributed by atoms with E-state index in [-0.39, 0.29) is 0 Å². The van der Waals surface area contributed by atoms with Crippen LogP contribution >= 0.6 is 0 Å². The van der Waals surface area contributed by atoms with Crippen LogP contribution in [0, 0.1) is 0 Å². The van der Waals surface area contributed by atoms with Crippen molar-refractivity contribution in [2.24, 2.45) is 0 Å². The van der Waals surface area contributed by atoms with E-state index in [1.54, 1.807) is 0 Å². The van der Waals surface area contributed by atoms with E-state index in [1.807, 2.05) is 12.3 Å². The topological polar surface area (TPSA) is 41.5 Å². The molecule has 0 unspecified atom stereocenters. The van der Waals surface area contributed by atoms with Gasteiger partial charge in [-0.2, -0.15) is 4.98 Å². The molecular formula is C14H24N4O. The van der Waals surface area contributed by atoms with Crippen molar-refractivity contribution >= 4 is 11.8 Å². The van der Waals surface area contributed by atoms with Crippen molar-refractivity contribution in [3.63, 3.8) is 0 Å². The minimum absolute atomic E-state index is 0.765. The Kier molecular flexibility index (Phi) is 5.39. The number of aromatic nitrogens is 2. The third-order valence-electron chi connectivity index (χ3n) is 3.23. The Bertz CT molecular complexity index is 373. The van der Waals surface area contributed by atoms with Gasteiger partial charge in [-0.05, 0) is 18.9 Å². The molecule has 0 saturated carbocycles. The van der Waals surface area contributed by atoms with Crippen molar-refractivity contribution < 1.29 is 4.74 Å². The van der Waals surface area contributed by atoms with Gasteiger partial charge < -0.3 is 14.5 Å². The van der Waals surface area contributed by atoms with Gasteiger partial charge in [-0.3, -0.25) is 0 Å². The Morgan fingerprint density at radius 2 is 1.89 bits per heavy atom. The molecule has 5 heteroatoms. The van der Waals surface area contributed by atoms with Crippen LogP contribution in [0.25, 0.3) is 0 Å². The first-order valence-corrected chi connectivity index (χ1v) is 7.25. The molecule has 0 atom stereocenters. The quantitative estimate of drug-likeness (QED) is 0.785. The van der Waals surface area contributed by atoms with Crippen molar-refractivity contribution in [3.05, 3.63) is 12.3 Å². The molecule has 0 N–H and O–H groups in total. The first-order valence-electron chi connectivity index (χ1n) is 7.25. The third-order valence-corrected chi connectivity index (χ3v) is 3.23. The Balaban J connectivity index is 2.12. The number of hydrogen-bond acceptors (Lipinski definition) is 5. The zero-order chi connectivity index (χ0) is 13.5. The standard InChI is InChI=1S/C14H24N4O/c1-3-7-17(8-4-2)13-5-6-15-14(16-13)18-9-11-19-12-10-18/h5-6H,3-4,7-12H2,1-2H3. The molecule has 0 aliphatic carbocycles. The number of anilines is 2. The Morgan fingerprint density at radius 3 is 2.53 bits per heavy atom. The second-order valence-electron chi connectivity index (χ2n) is 4.80. The largest absolute Gasteiger partial charge is 0.378 e. The maximum Gasteiger partial charge on any atom is 0.227 e. The Hall–Kier alpha value is -1.36. The minimum atomic E-state index is 0.765. The van der Waals surface area contributed by atoms with Gasteiger partial charge in [-0.1, -0.05) is 13.8 Å². The molecule has 0 amide bonds. The first kappa shape index (κ1) is 14.1. The van der Waals surface area contributed by atoms with Crippen molar-refractivity contribution in [1.82, 2.24) is 9.97 Å². The van der Waals surface area contributed by atoms with E-state index in [4.69, 9.17) is 9.72 Å². The predicted molar refractivity (Wildman–Crippen MR) is 77.9 cm³/mol. The number of hydrogen-bond donors (Lipinski definition) is 0. The summed E-state index contributed by atoms with van der Waals surface area (Å²) in [5, 5.41) is 0. The molecule has 1 aliphatic heterocycles. The summed E-state index contributed by atoms with van der Waals surface area (Å²) in [6.45, 7) is 9.79. The molecule has 1 saturated heterocycles. The zero-order valence-corrected chi connectivity index (χ0v) is 12.0. The molecule has 0 bridgehead atoms. The summed E-state index contributed by atoms with van der Waals surface area (Å²) in [6.07, 6.45) is 4.14. The molecule has 106 valence electrons. The molecule has 0 aromatic carbocycles. The normalized spacial score (nSPS) is 15.6. The number of morpholine rings is 1. The summed E-state index contributed by atoms with van der Waals surface area (Å²) >= 11 is 0. The maximum absolute atomic E-state index is 5.37. The monoisotopic (exact) mass is 264 g/mol. The van der Waals surface area contributed by atoms with Crippen LogP contribution in [0.2, 0.25) is 0 Å². The fraction of sp³-hybridized carbons (Fsp3) is 0.714. The first-order chi connectivity index (χ1) is 9.35. The SMILES string of the molecule is CCCN(CCC)c1ccnc(N2CCOCC2)n1. The highest BCUT2D eigenvalue weighted by Gasteiger charge is 2.15. The number of nitrogens with zero attached hydrogens (tertiary/aromatic N) is 4. The molecule has 1 fully saturated rings. The van der Waals surface area contributed by atoms with Crippen molar-refractivity contribution in [3.8, 4) is 0 Å². The highest BCUT2D eigenvalue weighted by atomic mass is 16.5. The van der Waals surface area contributed by atoms with Crippen LogP contribution in [0.1, 0.15) is 26.7 Å². The van der Waals surface area contributed by atoms with Gasteiger partial charge in [-0.25, -0.2) is 4.98 Å². The third kappa shape index (κ3) is 3.80. The lowest BCUT2D eigenvalue weighted by atomic mass is 10.3. The van der Waals surface area contributed by atoms with Gasteiger partial charge in [0.15, 0.2) is 0 Å². The van der Waals surface area contributed by atoms with Crippen LogP contribution in [0.5, 0.6) is 0 Å². The molecule has 5 nitrogen and oxygen atoms in total. The van der Waals surface area contributed by atoms with Gasteiger partial charge in [0.1, 0.15) is 5.82 Å². The van der Waals surface area contributed by atoms with E-state index in [2.05, 4.69) is 28.6 Å². The lowest BCUT2D eigenvalue weighted by molar-refractivity contribution is 0.122. The van der Waals surface area contributed by atoms with Gasteiger partial charge >= 0.3 is 0 Å². The molecule has 19 heavy (non-hydrogen) atoms. The van der Waals surface area contributed by atoms with Gasteiger partial charge in [0.05, 0.1) is 13.2 Å². The highest BCUT2D eigenvalue weighted by Crippen LogP contribution is 2.16. The summed E-state index contributed by atoms with van der Waals surface area (Å²) in [5.41, 5.74) is 0. The van der Waals surface area contributed by atoms with E-state index in [0.29, 0.717) is 0 Å². The fourth-order valence-electron chi connectivity index (χ4n) is 2.31.